The molecule has 0 saturated carbocycles. The normalized spacial score (nSPS) is 12.0. The van der Waals surface area contributed by atoms with Gasteiger partial charge in [0.2, 0.25) is 5.91 Å². The SMILES string of the molecule is CC(=O)NCCNCc1ccc(-c2cccc(-c3cccc(COc4cc(OCc5cncc(C#N)c5)c(CNC(C)(CO)C(=O)O)cc4Cl)c3C)c2C)cc1. The average molecular weight is 776 g/mol. The van der Waals surface area contributed by atoms with Crippen molar-refractivity contribution < 1.29 is 29.3 Å². The molecule has 0 spiro atoms. The summed E-state index contributed by atoms with van der Waals surface area (Å²) < 4.78 is 12.5. The summed E-state index contributed by atoms with van der Waals surface area (Å²) in [5, 5.41) is 38.1. The van der Waals surface area contributed by atoms with Gasteiger partial charge < -0.3 is 30.3 Å². The van der Waals surface area contributed by atoms with Crippen LogP contribution in [0.1, 0.15) is 52.8 Å². The number of amides is 1. The van der Waals surface area contributed by atoms with E-state index < -0.39 is 18.1 Å². The van der Waals surface area contributed by atoms with Gasteiger partial charge in [0, 0.05) is 62.7 Å². The second-order valence-electron chi connectivity index (χ2n) is 13.7. The zero-order valence-electron chi connectivity index (χ0n) is 31.9. The second kappa shape index (κ2) is 19.2. The number of carbonyl (C=O) groups excluding carboxylic acids is 1. The summed E-state index contributed by atoms with van der Waals surface area (Å²) in [7, 11) is 0. The lowest BCUT2D eigenvalue weighted by atomic mass is 9.89. The molecule has 0 aliphatic rings. The molecule has 1 amide bonds. The predicted molar refractivity (Wildman–Crippen MR) is 216 cm³/mol. The maximum absolute atomic E-state index is 11.8. The maximum atomic E-state index is 11.8. The van der Waals surface area contributed by atoms with Gasteiger partial charge in [-0.25, -0.2) is 0 Å². The molecule has 5 N–H and O–H groups in total. The zero-order chi connectivity index (χ0) is 40.2. The molecule has 56 heavy (non-hydrogen) atoms. The first kappa shape index (κ1) is 41.4. The van der Waals surface area contributed by atoms with Gasteiger partial charge in [0.15, 0.2) is 0 Å². The standard InChI is InChI=1S/C44H46ClN5O6/c1-28-35(7-5-9-38(28)39-10-6-8-37(29(39)2)34-13-11-31(12-14-34)21-47-15-16-49-30(3)52)26-56-42-19-41(55-25-33-17-32(20-46)22-48-23-33)36(18-40(42)45)24-50-44(4,27-51)43(53)54/h5-14,17-19,22-23,47,50-51H,15-16,21,24-27H2,1-4H3,(H,49,52)(H,53,54). The van der Waals surface area contributed by atoms with Crippen LogP contribution in [0.2, 0.25) is 5.02 Å². The Labute approximate surface area is 332 Å². The molecule has 4 aromatic carbocycles. The minimum Gasteiger partial charge on any atom is -0.488 e. The molecule has 1 atom stereocenters. The molecule has 0 fully saturated rings. The van der Waals surface area contributed by atoms with E-state index in [0.29, 0.717) is 52.8 Å². The van der Waals surface area contributed by atoms with Crippen LogP contribution in [0.3, 0.4) is 0 Å². The third kappa shape index (κ3) is 10.5. The molecule has 1 aromatic heterocycles. The quantitative estimate of drug-likeness (QED) is 0.0594. The fourth-order valence-corrected chi connectivity index (χ4v) is 6.37. The number of ether oxygens (including phenoxy) is 2. The van der Waals surface area contributed by atoms with Gasteiger partial charge in [0.05, 0.1) is 17.2 Å². The number of nitrogens with one attached hydrogen (secondary N) is 3. The summed E-state index contributed by atoms with van der Waals surface area (Å²) in [6.07, 6.45) is 3.06. The van der Waals surface area contributed by atoms with E-state index in [1.54, 1.807) is 24.4 Å². The lowest BCUT2D eigenvalue weighted by Gasteiger charge is -2.25. The van der Waals surface area contributed by atoms with E-state index >= 15 is 0 Å². The highest BCUT2D eigenvalue weighted by molar-refractivity contribution is 6.32. The van der Waals surface area contributed by atoms with Crippen molar-refractivity contribution in [2.24, 2.45) is 0 Å². The lowest BCUT2D eigenvalue weighted by molar-refractivity contribution is -0.146. The van der Waals surface area contributed by atoms with Crippen molar-refractivity contribution in [2.75, 3.05) is 19.7 Å². The van der Waals surface area contributed by atoms with Crippen LogP contribution in [0, 0.1) is 25.2 Å². The van der Waals surface area contributed by atoms with Gasteiger partial charge in [0.1, 0.15) is 36.3 Å². The van der Waals surface area contributed by atoms with Crippen molar-refractivity contribution in [1.29, 1.82) is 5.26 Å². The smallest absolute Gasteiger partial charge is 0.326 e. The molecule has 11 nitrogen and oxygen atoms in total. The largest absolute Gasteiger partial charge is 0.488 e. The fraction of sp³-hybridized carbons (Fsp3) is 0.273. The second-order valence-corrected chi connectivity index (χ2v) is 14.1. The number of carbonyl (C=O) groups is 2. The highest BCUT2D eigenvalue weighted by atomic mass is 35.5. The van der Waals surface area contributed by atoms with Crippen LogP contribution in [-0.2, 0) is 35.9 Å². The van der Waals surface area contributed by atoms with Gasteiger partial charge in [-0.15, -0.1) is 0 Å². The Bertz CT molecular complexity index is 2220. The molecule has 1 heterocycles. The summed E-state index contributed by atoms with van der Waals surface area (Å²) in [5.74, 6) is -0.491. The number of aliphatic hydroxyl groups excluding tert-OH is 1. The highest BCUT2D eigenvalue weighted by Crippen LogP contribution is 2.37. The summed E-state index contributed by atoms with van der Waals surface area (Å²) in [5.41, 5.74) is 8.80. The van der Waals surface area contributed by atoms with Crippen molar-refractivity contribution in [2.45, 2.75) is 59.5 Å². The van der Waals surface area contributed by atoms with Crippen molar-refractivity contribution in [3.05, 3.63) is 135 Å². The number of carboxylic acids is 1. The molecule has 5 rings (SSSR count). The molecule has 0 saturated heterocycles. The number of halogens is 1. The monoisotopic (exact) mass is 775 g/mol. The predicted octanol–water partition coefficient (Wildman–Crippen LogP) is 6.87. The fourth-order valence-electron chi connectivity index (χ4n) is 6.13. The Kier molecular flexibility index (Phi) is 14.2. The van der Waals surface area contributed by atoms with E-state index in [4.69, 9.17) is 21.1 Å². The number of aliphatic hydroxyl groups is 1. The summed E-state index contributed by atoms with van der Waals surface area (Å²) >= 11 is 6.75. The van der Waals surface area contributed by atoms with Gasteiger partial charge >= 0.3 is 5.97 Å². The number of carboxylic acid groups (broad SMARTS) is 1. The van der Waals surface area contributed by atoms with Crippen molar-refractivity contribution in [3.8, 4) is 39.8 Å². The van der Waals surface area contributed by atoms with Crippen LogP contribution in [0.25, 0.3) is 22.3 Å². The van der Waals surface area contributed by atoms with Crippen LogP contribution in [0.15, 0.2) is 91.3 Å². The molecule has 0 aliphatic carbocycles. The Hall–Kier alpha value is -5.77. The van der Waals surface area contributed by atoms with Crippen molar-refractivity contribution in [3.63, 3.8) is 0 Å². The minimum atomic E-state index is -1.59. The topological polar surface area (TPSA) is 166 Å². The number of aliphatic carboxylic acids is 1. The molecule has 290 valence electrons. The number of nitrogens with zero attached hydrogens (tertiary/aromatic N) is 2. The van der Waals surface area contributed by atoms with Gasteiger partial charge in [-0.1, -0.05) is 72.3 Å². The zero-order valence-corrected chi connectivity index (χ0v) is 32.7. The van der Waals surface area contributed by atoms with E-state index in [-0.39, 0.29) is 25.7 Å². The Morgan fingerprint density at radius 3 is 2.23 bits per heavy atom. The lowest BCUT2D eigenvalue weighted by Crippen LogP contribution is -2.52. The first-order valence-corrected chi connectivity index (χ1v) is 18.5. The van der Waals surface area contributed by atoms with Crippen molar-refractivity contribution >= 4 is 23.5 Å². The first-order valence-electron chi connectivity index (χ1n) is 18.2. The number of hydrogen-bond donors (Lipinski definition) is 5. The van der Waals surface area contributed by atoms with Gasteiger partial charge in [-0.05, 0) is 77.4 Å². The molecule has 0 radical (unpaired) electrons. The summed E-state index contributed by atoms with van der Waals surface area (Å²) in [6, 6.07) is 28.0. The number of hydrogen-bond acceptors (Lipinski definition) is 9. The Morgan fingerprint density at radius 2 is 1.54 bits per heavy atom. The molecule has 12 heteroatoms. The van der Waals surface area contributed by atoms with Crippen LogP contribution in [0.5, 0.6) is 11.5 Å². The number of rotatable bonds is 18. The first-order chi connectivity index (χ1) is 26.9. The van der Waals surface area contributed by atoms with Crippen molar-refractivity contribution in [1.82, 2.24) is 20.9 Å². The Morgan fingerprint density at radius 1 is 0.839 bits per heavy atom. The molecular formula is C44H46ClN5O6. The molecular weight excluding hydrogens is 730 g/mol. The minimum absolute atomic E-state index is 0.0250. The average Bonchev–Trinajstić information content (AvgIpc) is 3.19. The molecule has 5 aromatic rings. The number of benzene rings is 4. The van der Waals surface area contributed by atoms with Crippen LogP contribution in [0.4, 0.5) is 0 Å². The van der Waals surface area contributed by atoms with Crippen LogP contribution >= 0.6 is 11.6 Å². The number of aromatic nitrogens is 1. The summed E-state index contributed by atoms with van der Waals surface area (Å²) in [6.45, 7) is 8.78. The highest BCUT2D eigenvalue weighted by Gasteiger charge is 2.32. The molecule has 0 bridgehead atoms. The van der Waals surface area contributed by atoms with Crippen LogP contribution in [-0.4, -0.2) is 52.3 Å². The third-order valence-corrected chi connectivity index (χ3v) is 9.91. The van der Waals surface area contributed by atoms with Gasteiger partial charge in [-0.3, -0.25) is 19.9 Å². The molecule has 0 aliphatic heterocycles. The van der Waals surface area contributed by atoms with E-state index in [2.05, 4.69) is 89.4 Å². The number of pyridine rings is 1. The number of nitriles is 1. The van der Waals surface area contributed by atoms with E-state index in [9.17, 15) is 25.1 Å². The van der Waals surface area contributed by atoms with E-state index in [1.807, 2.05) is 12.1 Å². The van der Waals surface area contributed by atoms with E-state index in [0.717, 1.165) is 44.5 Å². The van der Waals surface area contributed by atoms with Gasteiger partial charge in [-0.2, -0.15) is 5.26 Å². The van der Waals surface area contributed by atoms with E-state index in [1.165, 1.54) is 20.0 Å². The molecule has 1 unspecified atom stereocenters. The third-order valence-electron chi connectivity index (χ3n) is 9.61. The maximum Gasteiger partial charge on any atom is 0.326 e. The Balaban J connectivity index is 1.35. The summed E-state index contributed by atoms with van der Waals surface area (Å²) in [4.78, 5) is 27.0. The van der Waals surface area contributed by atoms with Crippen LogP contribution < -0.4 is 25.4 Å². The van der Waals surface area contributed by atoms with Gasteiger partial charge in [0.25, 0.3) is 0 Å².